The lowest BCUT2D eigenvalue weighted by Crippen LogP contribution is -2.54. The predicted octanol–water partition coefficient (Wildman–Crippen LogP) is 1.66. The molecule has 3 aliphatic rings. The lowest BCUT2D eigenvalue weighted by atomic mass is 9.68. The van der Waals surface area contributed by atoms with Crippen LogP contribution in [0.25, 0.3) is 0 Å². The number of ether oxygens (including phenoxy) is 1. The number of fused-ring (bicyclic) bond motifs is 2. The van der Waals surface area contributed by atoms with Crippen molar-refractivity contribution in [1.82, 2.24) is 30.4 Å². The molecule has 0 spiro atoms. The number of nitrogens with zero attached hydrogens (tertiary/aromatic N) is 3. The Labute approximate surface area is 253 Å². The van der Waals surface area contributed by atoms with Crippen molar-refractivity contribution >= 4 is 29.3 Å². The largest absolute Gasteiger partial charge is 0.501 e. The van der Waals surface area contributed by atoms with Crippen LogP contribution in [-0.2, 0) is 33.0 Å². The van der Waals surface area contributed by atoms with E-state index in [2.05, 4.69) is 20.9 Å². The second kappa shape index (κ2) is 13.0. The van der Waals surface area contributed by atoms with Crippen molar-refractivity contribution < 1.29 is 28.6 Å². The second-order valence-electron chi connectivity index (χ2n) is 11.8. The number of amides is 3. The fourth-order valence-electron chi connectivity index (χ4n) is 5.69. The zero-order valence-corrected chi connectivity index (χ0v) is 25.5. The third kappa shape index (κ3) is 6.84. The average Bonchev–Trinajstić information content (AvgIpc) is 3.18. The van der Waals surface area contributed by atoms with Gasteiger partial charge >= 0.3 is 11.8 Å². The van der Waals surface area contributed by atoms with Crippen LogP contribution in [0.15, 0.2) is 23.0 Å². The number of benzene rings is 1. The molecule has 234 valence electrons. The Balaban J connectivity index is 1.69. The van der Waals surface area contributed by atoms with Gasteiger partial charge in [0.1, 0.15) is 11.6 Å². The van der Waals surface area contributed by atoms with Crippen molar-refractivity contribution in [3.8, 4) is 5.75 Å². The van der Waals surface area contributed by atoms with Gasteiger partial charge in [0, 0.05) is 51.3 Å². The van der Waals surface area contributed by atoms with Crippen molar-refractivity contribution in [2.45, 2.75) is 64.3 Å². The van der Waals surface area contributed by atoms with Gasteiger partial charge in [0.2, 0.25) is 5.75 Å². The van der Waals surface area contributed by atoms with Crippen molar-refractivity contribution in [2.75, 3.05) is 33.8 Å². The summed E-state index contributed by atoms with van der Waals surface area (Å²) in [5.41, 5.74) is -2.98. The maximum atomic E-state index is 14.4. The number of likely N-dealkylation sites (N-methyl/N-ethyl adjacent to an activating group) is 1. The van der Waals surface area contributed by atoms with Crippen molar-refractivity contribution in [3.63, 3.8) is 0 Å². The Bertz CT molecular complexity index is 1450. The molecule has 2 bridgehead atoms. The van der Waals surface area contributed by atoms with Crippen LogP contribution in [0.4, 0.5) is 4.39 Å². The van der Waals surface area contributed by atoms with E-state index in [1.54, 1.807) is 0 Å². The highest BCUT2D eigenvalue weighted by Crippen LogP contribution is 2.49. The lowest BCUT2D eigenvalue weighted by molar-refractivity contribution is -0.145. The summed E-state index contributed by atoms with van der Waals surface area (Å²) in [7, 11) is 2.90. The molecule has 0 radical (unpaired) electrons. The number of nitrogens with one attached hydrogen (secondary N) is 3. The fraction of sp³-hybridized carbons (Fsp3) is 0.552. The number of hydrogen-bond acceptors (Lipinski definition) is 8. The minimum Gasteiger partial charge on any atom is -0.501 e. The standard InChI is InChI=1S/C29H38ClFN6O6/c1-17(2)43-13-12-32-15-28-8-10-29(11-9-28,35-24(40)26(42)36(3)4)27-34-21(22(38)25(41)37(27)16-28)23(39)33-14-18-6-5-7-19(30)20(18)31/h5-7,17,32,38H,8-16H2,1-4H3,(H,33,39)(H,35,40). The molecule has 14 heteroatoms. The summed E-state index contributed by atoms with van der Waals surface area (Å²) in [5.74, 6) is -4.06. The molecule has 1 aliphatic carbocycles. The number of hydrogen-bond donors (Lipinski definition) is 4. The van der Waals surface area contributed by atoms with Gasteiger partial charge in [-0.3, -0.25) is 23.7 Å². The molecule has 2 aromatic rings. The first-order valence-corrected chi connectivity index (χ1v) is 14.6. The number of aromatic hydroxyl groups is 1. The molecule has 3 heterocycles. The first-order valence-electron chi connectivity index (χ1n) is 14.2. The Morgan fingerprint density at radius 1 is 1.21 bits per heavy atom. The van der Waals surface area contributed by atoms with E-state index in [9.17, 15) is 28.7 Å². The predicted molar refractivity (Wildman–Crippen MR) is 156 cm³/mol. The number of halogens is 2. The molecule has 1 aromatic carbocycles. The molecule has 43 heavy (non-hydrogen) atoms. The quantitative estimate of drug-likeness (QED) is 0.231. The highest BCUT2D eigenvalue weighted by Gasteiger charge is 2.52. The summed E-state index contributed by atoms with van der Waals surface area (Å²) >= 11 is 5.84. The monoisotopic (exact) mass is 620 g/mol. The highest BCUT2D eigenvalue weighted by molar-refractivity contribution is 6.35. The fourth-order valence-corrected chi connectivity index (χ4v) is 5.89. The molecule has 3 amide bonds. The van der Waals surface area contributed by atoms with Crippen LogP contribution >= 0.6 is 11.6 Å². The topological polar surface area (TPSA) is 155 Å². The van der Waals surface area contributed by atoms with Crippen LogP contribution in [0.5, 0.6) is 5.75 Å². The zero-order chi connectivity index (χ0) is 31.5. The van der Waals surface area contributed by atoms with Gasteiger partial charge in [0.25, 0.3) is 11.5 Å². The van der Waals surface area contributed by atoms with Gasteiger partial charge in [-0.15, -0.1) is 0 Å². The highest BCUT2D eigenvalue weighted by atomic mass is 35.5. The molecule has 1 aromatic heterocycles. The third-order valence-corrected chi connectivity index (χ3v) is 8.39. The summed E-state index contributed by atoms with van der Waals surface area (Å²) in [6.07, 6.45) is 1.92. The maximum Gasteiger partial charge on any atom is 0.311 e. The average molecular weight is 621 g/mol. The number of carbonyl (C=O) groups is 3. The van der Waals surface area contributed by atoms with E-state index in [0.717, 1.165) is 4.90 Å². The minimum absolute atomic E-state index is 0.0804. The molecule has 1 saturated carbocycles. The van der Waals surface area contributed by atoms with E-state index in [4.69, 9.17) is 16.3 Å². The van der Waals surface area contributed by atoms with Gasteiger partial charge in [0.15, 0.2) is 5.69 Å². The van der Waals surface area contributed by atoms with Crippen LogP contribution in [0.2, 0.25) is 5.02 Å². The summed E-state index contributed by atoms with van der Waals surface area (Å²) in [6.45, 7) is 5.44. The van der Waals surface area contributed by atoms with E-state index in [1.165, 1.54) is 36.9 Å². The first-order chi connectivity index (χ1) is 20.3. The molecule has 0 unspecified atom stereocenters. The minimum atomic E-state index is -1.25. The summed E-state index contributed by atoms with van der Waals surface area (Å²) < 4.78 is 21.3. The van der Waals surface area contributed by atoms with Gasteiger partial charge in [-0.2, -0.15) is 0 Å². The molecule has 4 N–H and O–H groups in total. The van der Waals surface area contributed by atoms with Crippen LogP contribution < -0.4 is 21.5 Å². The normalized spacial score (nSPS) is 20.8. The molecule has 0 atom stereocenters. The molecule has 0 saturated heterocycles. The Morgan fingerprint density at radius 3 is 2.56 bits per heavy atom. The van der Waals surface area contributed by atoms with E-state index in [-0.39, 0.29) is 35.6 Å². The van der Waals surface area contributed by atoms with Crippen molar-refractivity contribution in [1.29, 1.82) is 0 Å². The van der Waals surface area contributed by atoms with Crippen molar-refractivity contribution in [2.24, 2.45) is 5.41 Å². The molecule has 5 rings (SSSR count). The summed E-state index contributed by atoms with van der Waals surface area (Å²) in [4.78, 5) is 58.0. The summed E-state index contributed by atoms with van der Waals surface area (Å²) in [5, 5.41) is 19.5. The number of rotatable bonds is 10. The first kappa shape index (κ1) is 32.4. The second-order valence-corrected chi connectivity index (χ2v) is 12.2. The summed E-state index contributed by atoms with van der Waals surface area (Å²) in [6, 6.07) is 4.33. The van der Waals surface area contributed by atoms with E-state index in [0.29, 0.717) is 45.4 Å². The van der Waals surface area contributed by atoms with E-state index in [1.807, 2.05) is 13.8 Å². The maximum absolute atomic E-state index is 14.4. The van der Waals surface area contributed by atoms with Gasteiger partial charge in [-0.05, 0) is 45.6 Å². The molecule has 1 fully saturated rings. The Kier molecular flexibility index (Phi) is 9.77. The molecular weight excluding hydrogens is 583 g/mol. The van der Waals surface area contributed by atoms with Gasteiger partial charge in [0.05, 0.1) is 23.3 Å². The number of aromatic nitrogens is 2. The number of carbonyl (C=O) groups excluding carboxylic acids is 3. The van der Waals surface area contributed by atoms with E-state index < -0.39 is 51.5 Å². The van der Waals surface area contributed by atoms with Gasteiger partial charge in [-0.25, -0.2) is 9.37 Å². The third-order valence-electron chi connectivity index (χ3n) is 8.10. The van der Waals surface area contributed by atoms with Crippen LogP contribution in [0.3, 0.4) is 0 Å². The zero-order valence-electron chi connectivity index (χ0n) is 24.8. The smallest absolute Gasteiger partial charge is 0.311 e. The van der Waals surface area contributed by atoms with Gasteiger partial charge in [-0.1, -0.05) is 23.7 Å². The molecule has 12 nitrogen and oxygen atoms in total. The van der Waals surface area contributed by atoms with Crippen LogP contribution in [-0.4, -0.2) is 77.2 Å². The van der Waals surface area contributed by atoms with Gasteiger partial charge < -0.3 is 30.7 Å². The van der Waals surface area contributed by atoms with Crippen LogP contribution in [0.1, 0.15) is 61.4 Å². The lowest BCUT2D eigenvalue weighted by Gasteiger charge is -2.42. The van der Waals surface area contributed by atoms with Crippen LogP contribution in [0, 0.1) is 11.2 Å². The van der Waals surface area contributed by atoms with Crippen molar-refractivity contribution in [3.05, 3.63) is 56.5 Å². The van der Waals surface area contributed by atoms with E-state index >= 15 is 0 Å². The Morgan fingerprint density at radius 2 is 1.91 bits per heavy atom. The SMILES string of the molecule is CC(C)OCCNCC12CCC(NC(=O)C(=O)N(C)C)(CC1)c1nc(C(=O)NCc3cccc(Cl)c3F)c(O)c(=O)n1C2. The Hall–Kier alpha value is -3.55. The molecular formula is C29H38ClFN6O6. The molecule has 2 aliphatic heterocycles.